The van der Waals surface area contributed by atoms with E-state index in [0.29, 0.717) is 21.7 Å². The number of aliphatic hydroxyl groups excluding tert-OH is 1. The molecule has 2 aromatic heterocycles. The van der Waals surface area contributed by atoms with Gasteiger partial charge < -0.3 is 9.84 Å². The molecule has 0 radical (unpaired) electrons. The van der Waals surface area contributed by atoms with Gasteiger partial charge in [-0.15, -0.1) is 0 Å². The molecule has 1 unspecified atom stereocenters. The number of hydrogen-bond acceptors (Lipinski definition) is 9. The second kappa shape index (κ2) is 8.99. The topological polar surface area (TPSA) is 127 Å². The summed E-state index contributed by atoms with van der Waals surface area (Å²) in [6.07, 6.45) is 2.91. The van der Waals surface area contributed by atoms with Gasteiger partial charge >= 0.3 is 11.9 Å². The lowest BCUT2D eigenvalue weighted by molar-refractivity contribution is -0.132. The number of methoxy groups -OCH3 is 1. The maximum atomic E-state index is 13.2. The zero-order chi connectivity index (χ0) is 24.6. The molecule has 1 aromatic carbocycles. The SMILES string of the molecule is COC(=O)c1ccc(C2C(=C(O)c3ccncc3)C(=O)C(=O)N2c2nc(C)c(C(C)=O)s2)cc1. The van der Waals surface area contributed by atoms with Gasteiger partial charge in [0.05, 0.1) is 34.9 Å². The average Bonchev–Trinajstić information content (AvgIpc) is 3.35. The van der Waals surface area contributed by atoms with Crippen LogP contribution in [-0.2, 0) is 14.3 Å². The van der Waals surface area contributed by atoms with Crippen molar-refractivity contribution in [3.05, 3.63) is 81.6 Å². The molecular weight excluding hydrogens is 458 g/mol. The monoisotopic (exact) mass is 477 g/mol. The standard InChI is InChI=1S/C24H19N3O6S/c1-12-21(13(2)28)34-24(26-12)27-18(14-4-6-16(7-5-14)23(32)33-3)17(20(30)22(27)31)19(29)15-8-10-25-11-9-15/h4-11,18,29H,1-3H3. The summed E-state index contributed by atoms with van der Waals surface area (Å²) in [6, 6.07) is 8.14. The number of aliphatic hydroxyl groups is 1. The number of carbonyl (C=O) groups is 4. The van der Waals surface area contributed by atoms with E-state index in [1.807, 2.05) is 0 Å². The molecule has 3 aromatic rings. The Morgan fingerprint density at radius 1 is 1.06 bits per heavy atom. The van der Waals surface area contributed by atoms with Gasteiger partial charge in [-0.05, 0) is 36.8 Å². The van der Waals surface area contributed by atoms with Gasteiger partial charge in [0.15, 0.2) is 10.9 Å². The fraction of sp³-hybridized carbons (Fsp3) is 0.167. The predicted octanol–water partition coefficient (Wildman–Crippen LogP) is 3.46. The third kappa shape index (κ3) is 3.88. The number of pyridine rings is 1. The van der Waals surface area contributed by atoms with Crippen LogP contribution in [0.5, 0.6) is 0 Å². The van der Waals surface area contributed by atoms with Crippen molar-refractivity contribution < 1.29 is 29.0 Å². The van der Waals surface area contributed by atoms with Crippen molar-refractivity contribution >= 4 is 45.7 Å². The van der Waals surface area contributed by atoms with Crippen molar-refractivity contribution in [3.8, 4) is 0 Å². The fourth-order valence-corrected chi connectivity index (χ4v) is 4.73. The molecule has 0 spiro atoms. The molecule has 1 aliphatic rings. The van der Waals surface area contributed by atoms with Gasteiger partial charge in [-0.1, -0.05) is 23.5 Å². The minimum absolute atomic E-state index is 0.140. The number of thiazole rings is 1. The lowest BCUT2D eigenvalue weighted by Gasteiger charge is -2.23. The molecule has 0 saturated carbocycles. The molecule has 0 bridgehead atoms. The van der Waals surface area contributed by atoms with Crippen LogP contribution in [0.3, 0.4) is 0 Å². The first kappa shape index (κ1) is 23.0. The van der Waals surface area contributed by atoms with E-state index in [0.717, 1.165) is 11.3 Å². The Labute approximate surface area is 198 Å². The van der Waals surface area contributed by atoms with E-state index >= 15 is 0 Å². The molecule has 34 heavy (non-hydrogen) atoms. The maximum absolute atomic E-state index is 13.2. The molecule has 4 rings (SSSR count). The van der Waals surface area contributed by atoms with Crippen LogP contribution in [0.1, 0.15) is 49.8 Å². The number of Topliss-reactive ketones (excluding diaryl/α,β-unsaturated/α-hetero) is 2. The van der Waals surface area contributed by atoms with Gasteiger partial charge in [-0.3, -0.25) is 24.3 Å². The highest BCUT2D eigenvalue weighted by Crippen LogP contribution is 2.43. The lowest BCUT2D eigenvalue weighted by atomic mass is 9.95. The Morgan fingerprint density at radius 3 is 2.26 bits per heavy atom. The molecule has 1 aliphatic heterocycles. The molecule has 172 valence electrons. The van der Waals surface area contributed by atoms with Crippen LogP contribution in [0.15, 0.2) is 54.4 Å². The number of ketones is 2. The van der Waals surface area contributed by atoms with Crippen molar-refractivity contribution in [1.29, 1.82) is 0 Å². The van der Waals surface area contributed by atoms with E-state index < -0.39 is 23.7 Å². The van der Waals surface area contributed by atoms with Gasteiger partial charge in [-0.2, -0.15) is 0 Å². The number of hydrogen-bond donors (Lipinski definition) is 1. The first-order valence-corrected chi connectivity index (χ1v) is 10.9. The summed E-state index contributed by atoms with van der Waals surface area (Å²) in [5.74, 6) is -2.91. The number of benzene rings is 1. The normalized spacial score (nSPS) is 17.1. The summed E-state index contributed by atoms with van der Waals surface area (Å²) < 4.78 is 4.73. The van der Waals surface area contributed by atoms with Crippen LogP contribution in [0.25, 0.3) is 5.76 Å². The highest BCUT2D eigenvalue weighted by atomic mass is 32.1. The Kier molecular flexibility index (Phi) is 6.08. The third-order valence-corrected chi connectivity index (χ3v) is 6.61. The first-order valence-electron chi connectivity index (χ1n) is 10.1. The summed E-state index contributed by atoms with van der Waals surface area (Å²) in [5.41, 5.74) is 1.34. The summed E-state index contributed by atoms with van der Waals surface area (Å²) in [5, 5.41) is 11.2. The molecule has 9 nitrogen and oxygen atoms in total. The quantitative estimate of drug-likeness (QED) is 0.195. The predicted molar refractivity (Wildman–Crippen MR) is 124 cm³/mol. The average molecular weight is 477 g/mol. The third-order valence-electron chi connectivity index (χ3n) is 5.36. The molecule has 3 heterocycles. The Balaban J connectivity index is 1.93. The highest BCUT2D eigenvalue weighted by molar-refractivity contribution is 7.18. The highest BCUT2D eigenvalue weighted by Gasteiger charge is 2.48. The summed E-state index contributed by atoms with van der Waals surface area (Å²) in [4.78, 5) is 60.0. The van der Waals surface area contributed by atoms with E-state index in [2.05, 4.69) is 9.97 Å². The Hall–Kier alpha value is -4.18. The van der Waals surface area contributed by atoms with Crippen molar-refractivity contribution in [1.82, 2.24) is 9.97 Å². The van der Waals surface area contributed by atoms with Gasteiger partial charge in [-0.25, -0.2) is 9.78 Å². The summed E-state index contributed by atoms with van der Waals surface area (Å²) in [6.45, 7) is 3.04. The van der Waals surface area contributed by atoms with Gasteiger partial charge in [0.2, 0.25) is 0 Å². The van der Waals surface area contributed by atoms with Crippen LogP contribution in [0, 0.1) is 6.92 Å². The number of nitrogens with zero attached hydrogens (tertiary/aromatic N) is 3. The Bertz CT molecular complexity index is 1340. The maximum Gasteiger partial charge on any atom is 0.337 e. The van der Waals surface area contributed by atoms with Crippen LogP contribution < -0.4 is 4.90 Å². The molecule has 0 aliphatic carbocycles. The molecule has 10 heteroatoms. The zero-order valence-electron chi connectivity index (χ0n) is 18.4. The van der Waals surface area contributed by atoms with E-state index in [4.69, 9.17) is 4.74 Å². The number of carbonyl (C=O) groups excluding carboxylic acids is 4. The molecule has 1 atom stereocenters. The minimum Gasteiger partial charge on any atom is -0.507 e. The fourth-order valence-electron chi connectivity index (χ4n) is 3.74. The van der Waals surface area contributed by atoms with Gasteiger partial charge in [0, 0.05) is 24.9 Å². The number of aryl methyl sites for hydroxylation is 1. The zero-order valence-corrected chi connectivity index (χ0v) is 19.3. The van der Waals surface area contributed by atoms with E-state index in [1.54, 1.807) is 19.1 Å². The second-order valence-electron chi connectivity index (χ2n) is 7.49. The first-order chi connectivity index (χ1) is 16.2. The van der Waals surface area contributed by atoms with E-state index in [9.17, 15) is 24.3 Å². The van der Waals surface area contributed by atoms with Gasteiger partial charge in [0.1, 0.15) is 5.76 Å². The van der Waals surface area contributed by atoms with E-state index in [1.165, 1.54) is 55.6 Å². The molecule has 1 amide bonds. The van der Waals surface area contributed by atoms with Crippen molar-refractivity contribution in [3.63, 3.8) is 0 Å². The lowest BCUT2D eigenvalue weighted by Crippen LogP contribution is -2.29. The summed E-state index contributed by atoms with van der Waals surface area (Å²) >= 11 is 0.994. The second-order valence-corrected chi connectivity index (χ2v) is 8.46. The molecule has 1 N–H and O–H groups in total. The van der Waals surface area contributed by atoms with Crippen LogP contribution in [-0.4, -0.2) is 45.6 Å². The van der Waals surface area contributed by atoms with Crippen molar-refractivity contribution in [2.45, 2.75) is 19.9 Å². The van der Waals surface area contributed by atoms with Crippen molar-refractivity contribution in [2.24, 2.45) is 0 Å². The number of rotatable bonds is 5. The minimum atomic E-state index is -1.04. The largest absolute Gasteiger partial charge is 0.507 e. The number of ether oxygens (including phenoxy) is 1. The van der Waals surface area contributed by atoms with E-state index in [-0.39, 0.29) is 27.8 Å². The van der Waals surface area contributed by atoms with Crippen molar-refractivity contribution in [2.75, 3.05) is 12.0 Å². The van der Waals surface area contributed by atoms with Gasteiger partial charge in [0.25, 0.3) is 5.78 Å². The Morgan fingerprint density at radius 2 is 1.71 bits per heavy atom. The number of amides is 1. The number of esters is 1. The molecule has 1 fully saturated rings. The number of aromatic nitrogens is 2. The van der Waals surface area contributed by atoms with Crippen LogP contribution in [0.2, 0.25) is 0 Å². The summed E-state index contributed by atoms with van der Waals surface area (Å²) in [7, 11) is 1.26. The molecular formula is C24H19N3O6S. The molecule has 1 saturated heterocycles. The van der Waals surface area contributed by atoms with Crippen LogP contribution in [0.4, 0.5) is 5.13 Å². The van der Waals surface area contributed by atoms with Crippen LogP contribution >= 0.6 is 11.3 Å². The smallest absolute Gasteiger partial charge is 0.337 e. The number of anilines is 1.